The monoisotopic (exact) mass is 344 g/mol. The van der Waals surface area contributed by atoms with E-state index in [0.29, 0.717) is 0 Å². The highest BCUT2D eigenvalue weighted by Crippen LogP contribution is 2.23. The Kier molecular flexibility index (Phi) is 3.99. The number of nitrogens with one attached hydrogen (secondary N) is 1. The number of amides is 1. The Balaban J connectivity index is 2.36. The van der Waals surface area contributed by atoms with Gasteiger partial charge in [-0.15, -0.1) is 0 Å². The first-order chi connectivity index (χ1) is 9.38. The zero-order valence-corrected chi connectivity index (χ0v) is 11.5. The molecule has 0 heterocycles. The van der Waals surface area contributed by atoms with Gasteiger partial charge in [-0.3, -0.25) is 4.79 Å². The summed E-state index contributed by atoms with van der Waals surface area (Å²) in [5.74, 6) is -3.76. The molecule has 0 aliphatic carbocycles. The summed E-state index contributed by atoms with van der Waals surface area (Å²) in [6.07, 6.45) is 0. The third-order valence-corrected chi connectivity index (χ3v) is 2.96. The zero-order chi connectivity index (χ0) is 14.9. The highest BCUT2D eigenvalue weighted by atomic mass is 79.9. The van der Waals surface area contributed by atoms with E-state index in [1.165, 1.54) is 6.07 Å². The zero-order valence-electron chi connectivity index (χ0n) is 9.88. The molecule has 104 valence electrons. The lowest BCUT2D eigenvalue weighted by Crippen LogP contribution is -2.17. The molecule has 3 nitrogen and oxygen atoms in total. The number of nitrogens with two attached hydrogens (primary N) is 1. The van der Waals surface area contributed by atoms with Gasteiger partial charge in [-0.2, -0.15) is 0 Å². The van der Waals surface area contributed by atoms with Crippen molar-refractivity contribution in [3.8, 4) is 0 Å². The SMILES string of the molecule is Nc1ccc(F)cc1NC(=O)c1c(F)cc(Br)cc1F. The second kappa shape index (κ2) is 5.54. The minimum atomic E-state index is -1.05. The van der Waals surface area contributed by atoms with Crippen LogP contribution in [0.25, 0.3) is 0 Å². The molecule has 7 heteroatoms. The van der Waals surface area contributed by atoms with Gasteiger partial charge in [0.1, 0.15) is 23.0 Å². The van der Waals surface area contributed by atoms with Gasteiger partial charge in [0.25, 0.3) is 5.91 Å². The van der Waals surface area contributed by atoms with Crippen molar-refractivity contribution < 1.29 is 18.0 Å². The molecule has 0 aliphatic rings. The molecule has 1 amide bonds. The summed E-state index contributed by atoms with van der Waals surface area (Å²) >= 11 is 2.90. The summed E-state index contributed by atoms with van der Waals surface area (Å²) < 4.78 is 40.4. The number of hydrogen-bond donors (Lipinski definition) is 2. The average molecular weight is 345 g/mol. The van der Waals surface area contributed by atoms with Gasteiger partial charge in [0.2, 0.25) is 0 Å². The summed E-state index contributed by atoms with van der Waals surface area (Å²) in [6.45, 7) is 0. The number of benzene rings is 2. The van der Waals surface area contributed by atoms with E-state index in [1.807, 2.05) is 0 Å². The van der Waals surface area contributed by atoms with Crippen LogP contribution in [0.2, 0.25) is 0 Å². The van der Waals surface area contributed by atoms with Gasteiger partial charge in [0.15, 0.2) is 0 Å². The van der Waals surface area contributed by atoms with Gasteiger partial charge < -0.3 is 11.1 Å². The molecule has 20 heavy (non-hydrogen) atoms. The number of halogens is 4. The molecular weight excluding hydrogens is 337 g/mol. The van der Waals surface area contributed by atoms with E-state index in [9.17, 15) is 18.0 Å². The van der Waals surface area contributed by atoms with Gasteiger partial charge in [-0.05, 0) is 30.3 Å². The predicted molar refractivity (Wildman–Crippen MR) is 72.8 cm³/mol. The number of carbonyl (C=O) groups is 1. The Morgan fingerprint density at radius 1 is 1.10 bits per heavy atom. The average Bonchev–Trinajstić information content (AvgIpc) is 2.32. The fourth-order valence-corrected chi connectivity index (χ4v) is 1.98. The van der Waals surface area contributed by atoms with Gasteiger partial charge in [-0.1, -0.05) is 15.9 Å². The topological polar surface area (TPSA) is 55.1 Å². The molecule has 3 N–H and O–H groups in total. The third-order valence-electron chi connectivity index (χ3n) is 2.50. The maximum absolute atomic E-state index is 13.6. The number of carbonyl (C=O) groups excluding carboxylic acids is 1. The predicted octanol–water partition coefficient (Wildman–Crippen LogP) is 3.70. The van der Waals surface area contributed by atoms with Crippen LogP contribution in [0.5, 0.6) is 0 Å². The van der Waals surface area contributed by atoms with Crippen LogP contribution in [0.3, 0.4) is 0 Å². The first-order valence-corrected chi connectivity index (χ1v) is 6.18. The normalized spacial score (nSPS) is 10.4. The van der Waals surface area contributed by atoms with Crippen LogP contribution in [0.4, 0.5) is 24.5 Å². The van der Waals surface area contributed by atoms with E-state index >= 15 is 0 Å². The van der Waals surface area contributed by atoms with Crippen LogP contribution < -0.4 is 11.1 Å². The summed E-state index contributed by atoms with van der Waals surface area (Å²) in [6, 6.07) is 5.20. The molecule has 0 atom stereocenters. The molecule has 0 unspecified atom stereocenters. The second-order valence-electron chi connectivity index (χ2n) is 3.93. The first kappa shape index (κ1) is 14.4. The number of hydrogen-bond acceptors (Lipinski definition) is 2. The number of anilines is 2. The largest absolute Gasteiger partial charge is 0.397 e. The Labute approximate surface area is 120 Å². The van der Waals surface area contributed by atoms with Gasteiger partial charge in [-0.25, -0.2) is 13.2 Å². The number of rotatable bonds is 2. The molecule has 0 aromatic heterocycles. The minimum absolute atomic E-state index is 0.0586. The van der Waals surface area contributed by atoms with Gasteiger partial charge >= 0.3 is 0 Å². The maximum atomic E-state index is 13.6. The lowest BCUT2D eigenvalue weighted by molar-refractivity contribution is 0.101. The molecule has 2 rings (SSSR count). The fourth-order valence-electron chi connectivity index (χ4n) is 1.58. The van der Waals surface area contributed by atoms with E-state index in [-0.39, 0.29) is 15.8 Å². The van der Waals surface area contributed by atoms with E-state index in [1.54, 1.807) is 0 Å². The highest BCUT2D eigenvalue weighted by molar-refractivity contribution is 9.10. The quantitative estimate of drug-likeness (QED) is 0.816. The van der Waals surface area contributed by atoms with E-state index < -0.39 is 28.9 Å². The van der Waals surface area contributed by atoms with Crippen molar-refractivity contribution in [3.63, 3.8) is 0 Å². The van der Waals surface area contributed by atoms with Crippen molar-refractivity contribution in [2.75, 3.05) is 11.1 Å². The van der Waals surface area contributed by atoms with Crippen molar-refractivity contribution in [2.24, 2.45) is 0 Å². The lowest BCUT2D eigenvalue weighted by Gasteiger charge is -2.09. The van der Waals surface area contributed by atoms with E-state index in [2.05, 4.69) is 21.2 Å². The van der Waals surface area contributed by atoms with Crippen molar-refractivity contribution in [3.05, 3.63) is 57.8 Å². The fraction of sp³-hybridized carbons (Fsp3) is 0. The Morgan fingerprint density at radius 3 is 2.30 bits per heavy atom. The van der Waals surface area contributed by atoms with Crippen molar-refractivity contribution in [2.45, 2.75) is 0 Å². The van der Waals surface area contributed by atoms with Crippen LogP contribution in [-0.2, 0) is 0 Å². The van der Waals surface area contributed by atoms with E-state index in [4.69, 9.17) is 5.73 Å². The second-order valence-corrected chi connectivity index (χ2v) is 4.85. The van der Waals surface area contributed by atoms with Crippen molar-refractivity contribution in [1.29, 1.82) is 0 Å². The molecule has 0 aliphatic heterocycles. The van der Waals surface area contributed by atoms with Crippen molar-refractivity contribution >= 4 is 33.2 Å². The molecule has 0 radical (unpaired) electrons. The molecule has 0 fully saturated rings. The summed E-state index contributed by atoms with van der Waals surface area (Å²) in [5.41, 5.74) is 4.80. The van der Waals surface area contributed by atoms with Crippen LogP contribution in [0.1, 0.15) is 10.4 Å². The van der Waals surface area contributed by atoms with E-state index in [0.717, 1.165) is 24.3 Å². The lowest BCUT2D eigenvalue weighted by atomic mass is 10.1. The van der Waals surface area contributed by atoms with Crippen LogP contribution in [0.15, 0.2) is 34.8 Å². The standard InChI is InChI=1S/C13H8BrF3N2O/c14-6-3-8(16)12(9(17)4-6)13(20)19-11-5-7(15)1-2-10(11)18/h1-5H,18H2,(H,19,20). The Bertz CT molecular complexity index is 668. The third kappa shape index (κ3) is 2.93. The van der Waals surface area contributed by atoms with Crippen LogP contribution in [-0.4, -0.2) is 5.91 Å². The highest BCUT2D eigenvalue weighted by Gasteiger charge is 2.19. The molecule has 0 spiro atoms. The molecule has 2 aromatic rings. The molecule has 0 bridgehead atoms. The van der Waals surface area contributed by atoms with Gasteiger partial charge in [0.05, 0.1) is 11.4 Å². The van der Waals surface area contributed by atoms with Crippen LogP contribution in [0, 0.1) is 17.5 Å². The number of nitrogen functional groups attached to an aromatic ring is 1. The molecule has 2 aromatic carbocycles. The molecular formula is C13H8BrF3N2O. The first-order valence-electron chi connectivity index (χ1n) is 5.39. The minimum Gasteiger partial charge on any atom is -0.397 e. The summed E-state index contributed by atoms with van der Waals surface area (Å²) in [4.78, 5) is 11.8. The molecule has 0 saturated carbocycles. The molecule has 0 saturated heterocycles. The van der Waals surface area contributed by atoms with Crippen molar-refractivity contribution in [1.82, 2.24) is 0 Å². The van der Waals surface area contributed by atoms with Gasteiger partial charge in [0, 0.05) is 4.47 Å². The summed E-state index contributed by atoms with van der Waals surface area (Å²) in [7, 11) is 0. The smallest absolute Gasteiger partial charge is 0.261 e. The summed E-state index contributed by atoms with van der Waals surface area (Å²) in [5, 5.41) is 2.17. The van der Waals surface area contributed by atoms with Crippen LogP contribution >= 0.6 is 15.9 Å². The Morgan fingerprint density at radius 2 is 1.70 bits per heavy atom. The Hall–Kier alpha value is -2.02. The maximum Gasteiger partial charge on any atom is 0.261 e.